The first-order valence-electron chi connectivity index (χ1n) is 6.86. The summed E-state index contributed by atoms with van der Waals surface area (Å²) >= 11 is 0. The van der Waals surface area contributed by atoms with Crippen LogP contribution in [0.3, 0.4) is 0 Å². The van der Waals surface area contributed by atoms with Crippen LogP contribution in [0.15, 0.2) is 66.7 Å². The van der Waals surface area contributed by atoms with Gasteiger partial charge in [-0.15, -0.1) is 0 Å². The number of imidazole rings is 1. The normalized spacial score (nSPS) is 11.2. The monoisotopic (exact) mass is 259 g/mol. The molecule has 2 nitrogen and oxygen atoms in total. The lowest BCUT2D eigenvalue weighted by Crippen LogP contribution is -2.07. The Kier molecular flexibility index (Phi) is 2.52. The maximum atomic E-state index is 3.45. The summed E-state index contributed by atoms with van der Waals surface area (Å²) in [6.45, 7) is 0. The van der Waals surface area contributed by atoms with Gasteiger partial charge in [0.1, 0.15) is 0 Å². The second kappa shape index (κ2) is 4.49. The molecular weight excluding hydrogens is 244 g/mol. The van der Waals surface area contributed by atoms with Gasteiger partial charge in [-0.25, -0.2) is 9.97 Å². The number of aromatic nitrogens is 2. The first kappa shape index (κ1) is 11.2. The van der Waals surface area contributed by atoms with E-state index >= 15 is 0 Å². The highest BCUT2D eigenvalue weighted by molar-refractivity contribution is 5.85. The number of benzene rings is 3. The molecule has 3 aromatic carbocycles. The highest BCUT2D eigenvalue weighted by Gasteiger charge is 2.11. The topological polar surface area (TPSA) is 29.9 Å². The molecule has 1 aromatic heterocycles. The van der Waals surface area contributed by atoms with Crippen LogP contribution in [0.2, 0.25) is 0 Å². The van der Waals surface area contributed by atoms with Crippen LogP contribution in [-0.4, -0.2) is 4.98 Å². The summed E-state index contributed by atoms with van der Waals surface area (Å²) in [5.74, 6) is 1.14. The predicted molar refractivity (Wildman–Crippen MR) is 81.6 cm³/mol. The molecule has 2 N–H and O–H groups in total. The van der Waals surface area contributed by atoms with Crippen LogP contribution in [0.25, 0.3) is 21.8 Å². The van der Waals surface area contributed by atoms with E-state index in [1.54, 1.807) is 0 Å². The molecular formula is C18H15N2+. The molecule has 1 heterocycles. The van der Waals surface area contributed by atoms with Crippen molar-refractivity contribution in [3.8, 4) is 0 Å². The summed E-state index contributed by atoms with van der Waals surface area (Å²) in [4.78, 5) is 6.91. The fourth-order valence-corrected chi connectivity index (χ4v) is 2.78. The lowest BCUT2D eigenvalue weighted by molar-refractivity contribution is -0.356. The number of hydrogen-bond acceptors (Lipinski definition) is 0. The standard InChI is InChI=1S/C18H14N2/c1-2-9-15-13(6-1)7-5-8-14(15)12-18-19-16-10-3-4-11-17(16)20-18/h1-11H,12H2,(H,19,20)/p+1. The van der Waals surface area contributed by atoms with E-state index in [1.807, 2.05) is 12.1 Å². The summed E-state index contributed by atoms with van der Waals surface area (Å²) < 4.78 is 0. The zero-order chi connectivity index (χ0) is 13.4. The average molecular weight is 259 g/mol. The zero-order valence-electron chi connectivity index (χ0n) is 11.1. The second-order valence-electron chi connectivity index (χ2n) is 5.09. The van der Waals surface area contributed by atoms with Gasteiger partial charge in [0.2, 0.25) is 0 Å². The molecule has 96 valence electrons. The van der Waals surface area contributed by atoms with E-state index in [-0.39, 0.29) is 0 Å². The number of aromatic amines is 2. The molecule has 0 atom stereocenters. The van der Waals surface area contributed by atoms with Crippen LogP contribution in [0, 0.1) is 0 Å². The molecule has 0 unspecified atom stereocenters. The number of fused-ring (bicyclic) bond motifs is 2. The molecule has 0 radical (unpaired) electrons. The Hall–Kier alpha value is -2.61. The highest BCUT2D eigenvalue weighted by Crippen LogP contribution is 2.20. The fraction of sp³-hybridized carbons (Fsp3) is 0.0556. The predicted octanol–water partition coefficient (Wildman–Crippen LogP) is 3.73. The van der Waals surface area contributed by atoms with Crippen molar-refractivity contribution in [1.29, 1.82) is 0 Å². The quantitative estimate of drug-likeness (QED) is 0.568. The summed E-state index contributed by atoms with van der Waals surface area (Å²) in [6.07, 6.45) is 0.885. The molecule has 0 aliphatic carbocycles. The largest absolute Gasteiger partial charge is 0.257 e. The third-order valence-corrected chi connectivity index (χ3v) is 3.75. The van der Waals surface area contributed by atoms with Gasteiger partial charge in [0.25, 0.3) is 5.82 Å². The van der Waals surface area contributed by atoms with E-state index in [0.717, 1.165) is 23.3 Å². The van der Waals surface area contributed by atoms with Gasteiger partial charge in [-0.1, -0.05) is 54.6 Å². The van der Waals surface area contributed by atoms with Gasteiger partial charge in [0.05, 0.1) is 6.42 Å². The summed E-state index contributed by atoms with van der Waals surface area (Å²) in [5, 5.41) is 2.61. The Morgan fingerprint density at radius 1 is 0.800 bits per heavy atom. The van der Waals surface area contributed by atoms with Crippen molar-refractivity contribution in [2.75, 3.05) is 0 Å². The minimum atomic E-state index is 0.885. The van der Waals surface area contributed by atoms with Crippen LogP contribution in [0.5, 0.6) is 0 Å². The third kappa shape index (κ3) is 1.86. The van der Waals surface area contributed by atoms with E-state index < -0.39 is 0 Å². The number of H-pyrrole nitrogens is 2. The molecule has 0 aliphatic heterocycles. The van der Waals surface area contributed by atoms with Crippen molar-refractivity contribution in [1.82, 2.24) is 4.98 Å². The van der Waals surface area contributed by atoms with Gasteiger partial charge in [-0.3, -0.25) is 0 Å². The van der Waals surface area contributed by atoms with Crippen molar-refractivity contribution >= 4 is 21.8 Å². The average Bonchev–Trinajstić information content (AvgIpc) is 2.90. The molecule has 2 heteroatoms. The minimum absolute atomic E-state index is 0.885. The minimum Gasteiger partial charge on any atom is -0.241 e. The zero-order valence-corrected chi connectivity index (χ0v) is 11.1. The summed E-state index contributed by atoms with van der Waals surface area (Å²) in [7, 11) is 0. The van der Waals surface area contributed by atoms with Crippen LogP contribution < -0.4 is 4.98 Å². The van der Waals surface area contributed by atoms with Gasteiger partial charge < -0.3 is 0 Å². The van der Waals surface area contributed by atoms with E-state index in [9.17, 15) is 0 Å². The number of para-hydroxylation sites is 2. The van der Waals surface area contributed by atoms with Crippen molar-refractivity contribution in [2.24, 2.45) is 0 Å². The third-order valence-electron chi connectivity index (χ3n) is 3.75. The summed E-state index contributed by atoms with van der Waals surface area (Å²) in [5.41, 5.74) is 3.65. The highest BCUT2D eigenvalue weighted by atomic mass is 14.9. The summed E-state index contributed by atoms with van der Waals surface area (Å²) in [6, 6.07) is 23.3. The Labute approximate surface area is 117 Å². The molecule has 0 aliphatic rings. The molecule has 0 amide bonds. The van der Waals surface area contributed by atoms with Crippen molar-refractivity contribution in [2.45, 2.75) is 6.42 Å². The lowest BCUT2D eigenvalue weighted by atomic mass is 10.0. The van der Waals surface area contributed by atoms with Crippen LogP contribution in [-0.2, 0) is 6.42 Å². The van der Waals surface area contributed by atoms with Crippen LogP contribution in [0.4, 0.5) is 0 Å². The number of nitrogens with one attached hydrogen (secondary N) is 2. The smallest absolute Gasteiger partial charge is 0.241 e. The molecule has 0 spiro atoms. The maximum Gasteiger partial charge on any atom is 0.257 e. The number of hydrogen-bond donors (Lipinski definition) is 1. The fourth-order valence-electron chi connectivity index (χ4n) is 2.78. The van der Waals surface area contributed by atoms with Gasteiger partial charge >= 0.3 is 0 Å². The Bertz CT molecular complexity index is 852. The molecule has 0 saturated carbocycles. The van der Waals surface area contributed by atoms with Gasteiger partial charge in [0, 0.05) is 0 Å². The Morgan fingerprint density at radius 3 is 2.55 bits per heavy atom. The van der Waals surface area contributed by atoms with E-state index in [4.69, 9.17) is 0 Å². The maximum absolute atomic E-state index is 3.45. The molecule has 20 heavy (non-hydrogen) atoms. The first-order chi connectivity index (χ1) is 9.90. The van der Waals surface area contributed by atoms with Gasteiger partial charge in [-0.05, 0) is 28.5 Å². The van der Waals surface area contributed by atoms with Crippen molar-refractivity contribution in [3.05, 3.63) is 78.1 Å². The van der Waals surface area contributed by atoms with Gasteiger partial charge in [0.15, 0.2) is 11.0 Å². The Morgan fingerprint density at radius 2 is 1.60 bits per heavy atom. The van der Waals surface area contributed by atoms with Crippen molar-refractivity contribution < 1.29 is 4.98 Å². The second-order valence-corrected chi connectivity index (χ2v) is 5.09. The SMILES string of the molecule is c1ccc2c(Cc3[nH]c4ccccc4[nH+]3)cccc2c1. The molecule has 0 bridgehead atoms. The van der Waals surface area contributed by atoms with E-state index in [2.05, 4.69) is 64.6 Å². The number of rotatable bonds is 2. The van der Waals surface area contributed by atoms with Crippen LogP contribution >= 0.6 is 0 Å². The first-order valence-corrected chi connectivity index (χ1v) is 6.86. The molecule has 4 rings (SSSR count). The molecule has 0 saturated heterocycles. The van der Waals surface area contributed by atoms with Gasteiger partial charge in [-0.2, -0.15) is 0 Å². The molecule has 4 aromatic rings. The van der Waals surface area contributed by atoms with Crippen molar-refractivity contribution in [3.63, 3.8) is 0 Å². The lowest BCUT2D eigenvalue weighted by Gasteiger charge is -2.02. The Balaban J connectivity index is 1.80. The van der Waals surface area contributed by atoms with E-state index in [1.165, 1.54) is 16.3 Å². The molecule has 0 fully saturated rings. The van der Waals surface area contributed by atoms with E-state index in [0.29, 0.717) is 0 Å². The van der Waals surface area contributed by atoms with Crippen LogP contribution in [0.1, 0.15) is 11.4 Å².